The molecule has 0 radical (unpaired) electrons. The van der Waals surface area contributed by atoms with Crippen molar-refractivity contribution < 1.29 is 8.42 Å². The van der Waals surface area contributed by atoms with E-state index in [1.807, 2.05) is 38.1 Å². The van der Waals surface area contributed by atoms with E-state index >= 15 is 0 Å². The van der Waals surface area contributed by atoms with Gasteiger partial charge in [-0.2, -0.15) is 0 Å². The quantitative estimate of drug-likeness (QED) is 0.927. The molecule has 1 N–H and O–H groups in total. The topological polar surface area (TPSA) is 46.2 Å². The summed E-state index contributed by atoms with van der Waals surface area (Å²) in [4.78, 5) is 0. The maximum Gasteiger partial charge on any atom is 0.208 e. The molecule has 0 aromatic heterocycles. The van der Waals surface area contributed by atoms with Crippen LogP contribution in [-0.4, -0.2) is 21.2 Å². The van der Waals surface area contributed by atoms with Gasteiger partial charge in [-0.25, -0.2) is 13.1 Å². The summed E-state index contributed by atoms with van der Waals surface area (Å²) < 4.78 is 25.6. The molecule has 0 heterocycles. The van der Waals surface area contributed by atoms with Crippen molar-refractivity contribution in [3.63, 3.8) is 0 Å². The van der Waals surface area contributed by atoms with E-state index in [0.717, 1.165) is 10.0 Å². The molecule has 0 bridgehead atoms. The molecule has 0 atom stereocenters. The highest BCUT2D eigenvalue weighted by atomic mass is 79.9. The zero-order valence-electron chi connectivity index (χ0n) is 9.62. The van der Waals surface area contributed by atoms with Crippen LogP contribution in [0.25, 0.3) is 0 Å². The van der Waals surface area contributed by atoms with Gasteiger partial charge in [0.15, 0.2) is 0 Å². The molecular weight excluding hydrogens is 290 g/mol. The second-order valence-electron chi connectivity index (χ2n) is 4.49. The lowest BCUT2D eigenvalue weighted by atomic mass is 9.85. The maximum absolute atomic E-state index is 11.1. The van der Waals surface area contributed by atoms with Crippen LogP contribution in [0.1, 0.15) is 19.4 Å². The first-order valence-corrected chi connectivity index (χ1v) is 7.60. The Morgan fingerprint density at radius 3 is 2.50 bits per heavy atom. The SMILES string of the molecule is CC(C)(CNS(C)(=O)=O)c1cccc(Br)c1. The van der Waals surface area contributed by atoms with Gasteiger partial charge in [-0.3, -0.25) is 0 Å². The van der Waals surface area contributed by atoms with Gasteiger partial charge in [0.2, 0.25) is 10.0 Å². The van der Waals surface area contributed by atoms with Crippen molar-refractivity contribution in [1.29, 1.82) is 0 Å². The standard InChI is InChI=1S/C11H16BrNO2S/c1-11(2,8-13-16(3,14)15)9-5-4-6-10(12)7-9/h4-7,13H,8H2,1-3H3. The van der Waals surface area contributed by atoms with Crippen molar-refractivity contribution in [3.8, 4) is 0 Å². The Morgan fingerprint density at radius 2 is 2.00 bits per heavy atom. The maximum atomic E-state index is 11.1. The first kappa shape index (κ1) is 13.7. The Hall–Kier alpha value is -0.390. The highest BCUT2D eigenvalue weighted by Crippen LogP contribution is 2.25. The molecular formula is C11H16BrNO2S. The summed E-state index contributed by atoms with van der Waals surface area (Å²) in [6.45, 7) is 4.40. The Kier molecular flexibility index (Phi) is 4.15. The molecule has 0 saturated heterocycles. The molecule has 3 nitrogen and oxygen atoms in total. The number of hydrogen-bond acceptors (Lipinski definition) is 2. The van der Waals surface area contributed by atoms with Crippen molar-refractivity contribution >= 4 is 26.0 Å². The lowest BCUT2D eigenvalue weighted by Crippen LogP contribution is -2.36. The monoisotopic (exact) mass is 305 g/mol. The smallest absolute Gasteiger partial charge is 0.208 e. The number of hydrogen-bond donors (Lipinski definition) is 1. The normalized spacial score (nSPS) is 12.8. The number of benzene rings is 1. The van der Waals surface area contributed by atoms with Gasteiger partial charge < -0.3 is 0 Å². The van der Waals surface area contributed by atoms with E-state index < -0.39 is 10.0 Å². The van der Waals surface area contributed by atoms with Gasteiger partial charge in [0.1, 0.15) is 0 Å². The molecule has 5 heteroatoms. The summed E-state index contributed by atoms with van der Waals surface area (Å²) in [6, 6.07) is 7.89. The molecule has 90 valence electrons. The molecule has 0 aliphatic heterocycles. The lowest BCUT2D eigenvalue weighted by Gasteiger charge is -2.25. The molecule has 0 fully saturated rings. The van der Waals surface area contributed by atoms with Gasteiger partial charge in [-0.05, 0) is 17.7 Å². The average molecular weight is 306 g/mol. The largest absolute Gasteiger partial charge is 0.215 e. The third-order valence-electron chi connectivity index (χ3n) is 2.38. The molecule has 0 unspecified atom stereocenters. The van der Waals surface area contributed by atoms with Crippen LogP contribution in [0.4, 0.5) is 0 Å². The minimum Gasteiger partial charge on any atom is -0.215 e. The van der Waals surface area contributed by atoms with Crippen LogP contribution in [0.15, 0.2) is 28.7 Å². The minimum absolute atomic E-state index is 0.229. The second-order valence-corrected chi connectivity index (χ2v) is 7.24. The van der Waals surface area contributed by atoms with Gasteiger partial charge in [0, 0.05) is 16.4 Å². The highest BCUT2D eigenvalue weighted by molar-refractivity contribution is 9.10. The van der Waals surface area contributed by atoms with Crippen LogP contribution in [-0.2, 0) is 15.4 Å². The van der Waals surface area contributed by atoms with Crippen LogP contribution in [0.5, 0.6) is 0 Å². The van der Waals surface area contributed by atoms with E-state index in [4.69, 9.17) is 0 Å². The van der Waals surface area contributed by atoms with Crippen molar-refractivity contribution in [2.75, 3.05) is 12.8 Å². The summed E-state index contributed by atoms with van der Waals surface area (Å²) in [5, 5.41) is 0. The van der Waals surface area contributed by atoms with Gasteiger partial charge in [-0.1, -0.05) is 41.9 Å². The third kappa shape index (κ3) is 4.23. The van der Waals surface area contributed by atoms with E-state index in [1.54, 1.807) is 0 Å². The summed E-state index contributed by atoms with van der Waals surface area (Å²) in [5.41, 5.74) is 0.866. The molecule has 0 amide bonds. The van der Waals surface area contributed by atoms with Crippen LogP contribution in [0.3, 0.4) is 0 Å². The predicted molar refractivity (Wildman–Crippen MR) is 70.0 cm³/mol. The molecule has 1 aromatic rings. The Labute approximate surface area is 105 Å². The molecule has 1 aromatic carbocycles. The van der Waals surface area contributed by atoms with Crippen LogP contribution in [0, 0.1) is 0 Å². The summed E-state index contributed by atoms with van der Waals surface area (Å²) in [7, 11) is -3.14. The van der Waals surface area contributed by atoms with Gasteiger partial charge in [-0.15, -0.1) is 0 Å². The Bertz CT molecular complexity index is 469. The van der Waals surface area contributed by atoms with Crippen molar-refractivity contribution in [2.45, 2.75) is 19.3 Å². The van der Waals surface area contributed by atoms with E-state index in [1.165, 1.54) is 6.26 Å². The molecule has 1 rings (SSSR count). The van der Waals surface area contributed by atoms with Crippen LogP contribution < -0.4 is 4.72 Å². The summed E-state index contributed by atoms with van der Waals surface area (Å²) in [6.07, 6.45) is 1.17. The summed E-state index contributed by atoms with van der Waals surface area (Å²) >= 11 is 3.41. The van der Waals surface area contributed by atoms with E-state index in [9.17, 15) is 8.42 Å². The molecule has 0 aliphatic carbocycles. The number of rotatable bonds is 4. The predicted octanol–water partition coefficient (Wildman–Crippen LogP) is 2.28. The fourth-order valence-corrected chi connectivity index (χ4v) is 2.35. The van der Waals surface area contributed by atoms with Crippen LogP contribution >= 0.6 is 15.9 Å². The number of sulfonamides is 1. The number of halogens is 1. The van der Waals surface area contributed by atoms with Crippen LogP contribution in [0.2, 0.25) is 0 Å². The first-order valence-electron chi connectivity index (χ1n) is 4.91. The summed E-state index contributed by atoms with van der Waals surface area (Å²) in [5.74, 6) is 0. The van der Waals surface area contributed by atoms with E-state index in [2.05, 4.69) is 20.7 Å². The Morgan fingerprint density at radius 1 is 1.38 bits per heavy atom. The van der Waals surface area contributed by atoms with Crippen molar-refractivity contribution in [3.05, 3.63) is 34.3 Å². The average Bonchev–Trinajstić information content (AvgIpc) is 2.14. The highest BCUT2D eigenvalue weighted by Gasteiger charge is 2.22. The van der Waals surface area contributed by atoms with E-state index in [-0.39, 0.29) is 5.41 Å². The zero-order chi connectivity index (χ0) is 12.4. The van der Waals surface area contributed by atoms with Gasteiger partial charge in [0.05, 0.1) is 6.26 Å². The Balaban J connectivity index is 2.85. The second kappa shape index (κ2) is 4.85. The van der Waals surface area contributed by atoms with Crippen molar-refractivity contribution in [2.24, 2.45) is 0 Å². The molecule has 0 aliphatic rings. The van der Waals surface area contributed by atoms with E-state index in [0.29, 0.717) is 6.54 Å². The molecule has 0 saturated carbocycles. The lowest BCUT2D eigenvalue weighted by molar-refractivity contribution is 0.503. The zero-order valence-corrected chi connectivity index (χ0v) is 12.0. The van der Waals surface area contributed by atoms with Gasteiger partial charge >= 0.3 is 0 Å². The molecule has 16 heavy (non-hydrogen) atoms. The minimum atomic E-state index is -3.14. The first-order chi connectivity index (χ1) is 7.21. The third-order valence-corrected chi connectivity index (χ3v) is 3.54. The van der Waals surface area contributed by atoms with Gasteiger partial charge in [0.25, 0.3) is 0 Å². The van der Waals surface area contributed by atoms with Crippen molar-refractivity contribution in [1.82, 2.24) is 4.72 Å². The fourth-order valence-electron chi connectivity index (χ4n) is 1.32. The molecule has 0 spiro atoms. The fraction of sp³-hybridized carbons (Fsp3) is 0.455. The number of nitrogens with one attached hydrogen (secondary N) is 1.